The highest BCUT2D eigenvalue weighted by Gasteiger charge is 2.20. The number of methoxy groups -OCH3 is 1. The normalized spacial score (nSPS) is 12.7. The standard InChI is InChI=1S/C7H12N4O3/c1-5(4-14-2)10-7(8)6(3-9-10)11(12)13/h3,5H,4,8H2,1-2H3. The smallest absolute Gasteiger partial charge is 0.330 e. The first-order chi connectivity index (χ1) is 6.57. The van der Waals surface area contributed by atoms with Crippen LogP contribution in [0.4, 0.5) is 11.5 Å². The van der Waals surface area contributed by atoms with E-state index >= 15 is 0 Å². The van der Waals surface area contributed by atoms with E-state index in [4.69, 9.17) is 10.5 Å². The van der Waals surface area contributed by atoms with Gasteiger partial charge in [-0.05, 0) is 6.92 Å². The molecule has 0 spiro atoms. The quantitative estimate of drug-likeness (QED) is 0.566. The number of aromatic nitrogens is 2. The summed E-state index contributed by atoms with van der Waals surface area (Å²) in [5.41, 5.74) is 5.37. The zero-order valence-corrected chi connectivity index (χ0v) is 8.01. The van der Waals surface area contributed by atoms with E-state index in [0.717, 1.165) is 6.20 Å². The van der Waals surface area contributed by atoms with Gasteiger partial charge in [0.2, 0.25) is 5.82 Å². The van der Waals surface area contributed by atoms with Gasteiger partial charge >= 0.3 is 5.69 Å². The van der Waals surface area contributed by atoms with Crippen molar-refractivity contribution in [2.75, 3.05) is 19.5 Å². The molecule has 1 unspecified atom stereocenters. The first-order valence-electron chi connectivity index (χ1n) is 4.04. The Bertz CT molecular complexity index is 336. The molecule has 0 saturated heterocycles. The van der Waals surface area contributed by atoms with Crippen molar-refractivity contribution in [3.63, 3.8) is 0 Å². The number of nitrogens with zero attached hydrogens (tertiary/aromatic N) is 3. The van der Waals surface area contributed by atoms with E-state index in [1.54, 1.807) is 7.11 Å². The molecule has 1 rings (SSSR count). The molecule has 0 aliphatic heterocycles. The predicted molar refractivity (Wildman–Crippen MR) is 49.9 cm³/mol. The van der Waals surface area contributed by atoms with Gasteiger partial charge in [0.1, 0.15) is 6.20 Å². The second kappa shape index (κ2) is 4.05. The van der Waals surface area contributed by atoms with Crippen LogP contribution in [0.1, 0.15) is 13.0 Å². The molecule has 0 amide bonds. The van der Waals surface area contributed by atoms with Gasteiger partial charge in [-0.1, -0.05) is 0 Å². The lowest BCUT2D eigenvalue weighted by molar-refractivity contribution is -0.384. The Labute approximate surface area is 80.6 Å². The molecule has 1 aromatic heterocycles. The topological polar surface area (TPSA) is 96.2 Å². The molecule has 7 heteroatoms. The lowest BCUT2D eigenvalue weighted by Crippen LogP contribution is -2.14. The zero-order valence-electron chi connectivity index (χ0n) is 8.01. The molecule has 1 heterocycles. The van der Waals surface area contributed by atoms with E-state index in [2.05, 4.69) is 5.10 Å². The fourth-order valence-electron chi connectivity index (χ4n) is 1.17. The number of hydrogen-bond acceptors (Lipinski definition) is 5. The number of rotatable bonds is 4. The molecule has 0 bridgehead atoms. The third kappa shape index (κ3) is 1.82. The van der Waals surface area contributed by atoms with Crippen LogP contribution in [0.25, 0.3) is 0 Å². The van der Waals surface area contributed by atoms with E-state index in [9.17, 15) is 10.1 Å². The van der Waals surface area contributed by atoms with Gasteiger partial charge in [-0.15, -0.1) is 0 Å². The molecule has 0 radical (unpaired) electrons. The van der Waals surface area contributed by atoms with Gasteiger partial charge in [0.15, 0.2) is 0 Å². The third-order valence-electron chi connectivity index (χ3n) is 1.84. The minimum absolute atomic E-state index is 0.0551. The van der Waals surface area contributed by atoms with Crippen molar-refractivity contribution in [3.8, 4) is 0 Å². The largest absolute Gasteiger partial charge is 0.382 e. The maximum Gasteiger partial charge on any atom is 0.330 e. The summed E-state index contributed by atoms with van der Waals surface area (Å²) in [7, 11) is 1.55. The maximum atomic E-state index is 10.5. The highest BCUT2D eigenvalue weighted by molar-refractivity contribution is 5.51. The van der Waals surface area contributed by atoms with Crippen molar-refractivity contribution in [1.82, 2.24) is 9.78 Å². The molecule has 0 aliphatic rings. The second-order valence-electron chi connectivity index (χ2n) is 2.92. The van der Waals surface area contributed by atoms with E-state index in [1.165, 1.54) is 4.68 Å². The highest BCUT2D eigenvalue weighted by Crippen LogP contribution is 2.22. The summed E-state index contributed by atoms with van der Waals surface area (Å²) in [5.74, 6) is 0.0551. The van der Waals surface area contributed by atoms with Crippen molar-refractivity contribution < 1.29 is 9.66 Å². The third-order valence-corrected chi connectivity index (χ3v) is 1.84. The van der Waals surface area contributed by atoms with Crippen LogP contribution in [0.2, 0.25) is 0 Å². The number of anilines is 1. The summed E-state index contributed by atoms with van der Waals surface area (Å²) in [5, 5.41) is 14.3. The number of nitro groups is 1. The van der Waals surface area contributed by atoms with E-state index in [-0.39, 0.29) is 17.5 Å². The van der Waals surface area contributed by atoms with Gasteiger partial charge in [-0.25, -0.2) is 4.68 Å². The summed E-state index contributed by atoms with van der Waals surface area (Å²) in [4.78, 5) is 9.90. The van der Waals surface area contributed by atoms with Gasteiger partial charge < -0.3 is 10.5 Å². The molecule has 1 aromatic rings. The zero-order chi connectivity index (χ0) is 10.7. The molecule has 78 valence electrons. The van der Waals surface area contributed by atoms with Crippen LogP contribution >= 0.6 is 0 Å². The lowest BCUT2D eigenvalue weighted by Gasteiger charge is -2.11. The summed E-state index contributed by atoms with van der Waals surface area (Å²) in [6, 6.07) is -0.117. The molecular formula is C7H12N4O3. The van der Waals surface area contributed by atoms with Crippen molar-refractivity contribution in [2.45, 2.75) is 13.0 Å². The van der Waals surface area contributed by atoms with Gasteiger partial charge in [-0.3, -0.25) is 10.1 Å². The minimum Gasteiger partial charge on any atom is -0.382 e. The second-order valence-corrected chi connectivity index (χ2v) is 2.92. The number of nitrogen functional groups attached to an aromatic ring is 1. The molecule has 0 saturated carbocycles. The van der Waals surface area contributed by atoms with Crippen LogP contribution in [0.15, 0.2) is 6.20 Å². The summed E-state index contributed by atoms with van der Waals surface area (Å²) in [6.45, 7) is 2.22. The van der Waals surface area contributed by atoms with Crippen LogP contribution in [-0.2, 0) is 4.74 Å². The van der Waals surface area contributed by atoms with Gasteiger partial charge in [0.25, 0.3) is 0 Å². The first kappa shape index (κ1) is 10.5. The highest BCUT2D eigenvalue weighted by atomic mass is 16.6. The van der Waals surface area contributed by atoms with Gasteiger partial charge in [-0.2, -0.15) is 5.10 Å². The van der Waals surface area contributed by atoms with Gasteiger partial charge in [0.05, 0.1) is 17.6 Å². The Hall–Kier alpha value is -1.63. The Morgan fingerprint density at radius 1 is 1.86 bits per heavy atom. The Morgan fingerprint density at radius 2 is 2.50 bits per heavy atom. The lowest BCUT2D eigenvalue weighted by atomic mass is 10.3. The molecule has 7 nitrogen and oxygen atoms in total. The van der Waals surface area contributed by atoms with E-state index < -0.39 is 4.92 Å². The Morgan fingerprint density at radius 3 is 2.93 bits per heavy atom. The van der Waals surface area contributed by atoms with Crippen molar-refractivity contribution in [3.05, 3.63) is 16.3 Å². The first-order valence-corrected chi connectivity index (χ1v) is 4.04. The van der Waals surface area contributed by atoms with E-state index in [1.807, 2.05) is 6.92 Å². The minimum atomic E-state index is -0.557. The molecule has 0 aliphatic carbocycles. The Balaban J connectivity index is 2.94. The average molecular weight is 200 g/mol. The van der Waals surface area contributed by atoms with Crippen LogP contribution in [0.5, 0.6) is 0 Å². The molecular weight excluding hydrogens is 188 g/mol. The summed E-state index contributed by atoms with van der Waals surface area (Å²) in [6.07, 6.45) is 1.14. The van der Waals surface area contributed by atoms with E-state index in [0.29, 0.717) is 6.61 Å². The number of nitrogens with two attached hydrogens (primary N) is 1. The Kier molecular flexibility index (Phi) is 3.03. The number of ether oxygens (including phenoxy) is 1. The fourth-order valence-corrected chi connectivity index (χ4v) is 1.17. The van der Waals surface area contributed by atoms with Crippen molar-refractivity contribution in [1.29, 1.82) is 0 Å². The molecule has 0 fully saturated rings. The molecule has 0 aromatic carbocycles. The maximum absolute atomic E-state index is 10.5. The summed E-state index contributed by atoms with van der Waals surface area (Å²) < 4.78 is 6.27. The van der Waals surface area contributed by atoms with Crippen LogP contribution < -0.4 is 5.73 Å². The van der Waals surface area contributed by atoms with Crippen LogP contribution in [0.3, 0.4) is 0 Å². The molecule has 2 N–H and O–H groups in total. The van der Waals surface area contributed by atoms with Crippen molar-refractivity contribution >= 4 is 11.5 Å². The number of hydrogen-bond donors (Lipinski definition) is 1. The molecule has 14 heavy (non-hydrogen) atoms. The average Bonchev–Trinajstić information content (AvgIpc) is 2.47. The summed E-state index contributed by atoms with van der Waals surface area (Å²) >= 11 is 0. The van der Waals surface area contributed by atoms with Crippen LogP contribution in [0, 0.1) is 10.1 Å². The predicted octanol–water partition coefficient (Wildman–Crippen LogP) is 0.581. The molecule has 1 atom stereocenters. The fraction of sp³-hybridized carbons (Fsp3) is 0.571. The SMILES string of the molecule is COCC(C)n1ncc([N+](=O)[O-])c1N. The van der Waals surface area contributed by atoms with Gasteiger partial charge in [0, 0.05) is 7.11 Å². The monoisotopic (exact) mass is 200 g/mol. The van der Waals surface area contributed by atoms with Crippen molar-refractivity contribution in [2.24, 2.45) is 0 Å². The van der Waals surface area contributed by atoms with Crippen LogP contribution in [-0.4, -0.2) is 28.4 Å².